The van der Waals surface area contributed by atoms with Gasteiger partial charge in [-0.3, -0.25) is 0 Å². The van der Waals surface area contributed by atoms with Crippen LogP contribution in [0.15, 0.2) is 24.1 Å². The zero-order chi connectivity index (χ0) is 9.68. The summed E-state index contributed by atoms with van der Waals surface area (Å²) in [4.78, 5) is 11.6. The third-order valence-corrected chi connectivity index (χ3v) is 2.22. The first-order valence-corrected chi connectivity index (χ1v) is 4.56. The Balaban J connectivity index is 2.63. The SMILES string of the molecule is C=CCOc1csc(C(=O)OC)c1. The number of esters is 1. The predicted molar refractivity (Wildman–Crippen MR) is 51.4 cm³/mol. The summed E-state index contributed by atoms with van der Waals surface area (Å²) in [5, 5.41) is 1.76. The molecule has 0 aliphatic carbocycles. The van der Waals surface area contributed by atoms with Crippen molar-refractivity contribution < 1.29 is 14.3 Å². The molecule has 0 amide bonds. The van der Waals surface area contributed by atoms with Crippen LogP contribution in [0.5, 0.6) is 5.75 Å². The highest BCUT2D eigenvalue weighted by Gasteiger charge is 2.08. The number of thiophene rings is 1. The fourth-order valence-corrected chi connectivity index (χ4v) is 1.50. The third-order valence-electron chi connectivity index (χ3n) is 1.33. The highest BCUT2D eigenvalue weighted by Crippen LogP contribution is 2.21. The minimum atomic E-state index is -0.335. The smallest absolute Gasteiger partial charge is 0.348 e. The van der Waals surface area contributed by atoms with E-state index in [1.807, 2.05) is 0 Å². The minimum absolute atomic E-state index is 0.335. The van der Waals surface area contributed by atoms with Crippen molar-refractivity contribution in [3.05, 3.63) is 29.0 Å². The van der Waals surface area contributed by atoms with Crippen LogP contribution in [-0.2, 0) is 4.74 Å². The molecule has 4 heteroatoms. The highest BCUT2D eigenvalue weighted by atomic mass is 32.1. The van der Waals surface area contributed by atoms with Crippen molar-refractivity contribution >= 4 is 17.3 Å². The van der Waals surface area contributed by atoms with Gasteiger partial charge in [-0.15, -0.1) is 11.3 Å². The van der Waals surface area contributed by atoms with Crippen LogP contribution in [0.25, 0.3) is 0 Å². The Morgan fingerprint density at radius 3 is 3.15 bits per heavy atom. The second-order valence-electron chi connectivity index (χ2n) is 2.24. The lowest BCUT2D eigenvalue weighted by molar-refractivity contribution is 0.0606. The maximum Gasteiger partial charge on any atom is 0.348 e. The first kappa shape index (κ1) is 9.80. The molecular weight excluding hydrogens is 188 g/mol. The molecule has 0 spiro atoms. The number of methoxy groups -OCH3 is 1. The van der Waals surface area contributed by atoms with Crippen LogP contribution in [-0.4, -0.2) is 19.7 Å². The zero-order valence-electron chi connectivity index (χ0n) is 7.28. The van der Waals surface area contributed by atoms with E-state index in [9.17, 15) is 4.79 Å². The van der Waals surface area contributed by atoms with Gasteiger partial charge in [-0.2, -0.15) is 0 Å². The molecule has 0 fully saturated rings. The van der Waals surface area contributed by atoms with Gasteiger partial charge in [0.1, 0.15) is 17.2 Å². The zero-order valence-corrected chi connectivity index (χ0v) is 8.10. The molecule has 13 heavy (non-hydrogen) atoms. The van der Waals surface area contributed by atoms with E-state index in [-0.39, 0.29) is 5.97 Å². The van der Waals surface area contributed by atoms with Crippen molar-refractivity contribution in [2.45, 2.75) is 0 Å². The van der Waals surface area contributed by atoms with Gasteiger partial charge >= 0.3 is 5.97 Å². The normalized spacial score (nSPS) is 9.31. The van der Waals surface area contributed by atoms with Gasteiger partial charge in [0.15, 0.2) is 0 Å². The molecule has 70 valence electrons. The minimum Gasteiger partial charge on any atom is -0.489 e. The standard InChI is InChI=1S/C9H10O3S/c1-3-4-12-7-5-8(13-6-7)9(10)11-2/h3,5-6H,1,4H2,2H3. The molecule has 1 heterocycles. The third kappa shape index (κ3) is 2.59. The molecular formula is C9H10O3S. The van der Waals surface area contributed by atoms with Gasteiger partial charge < -0.3 is 9.47 Å². The molecule has 0 aromatic carbocycles. The molecule has 1 aromatic heterocycles. The van der Waals surface area contributed by atoms with E-state index in [0.29, 0.717) is 17.2 Å². The molecule has 1 aromatic rings. The van der Waals surface area contributed by atoms with E-state index in [2.05, 4.69) is 11.3 Å². The molecule has 0 saturated heterocycles. The molecule has 0 unspecified atom stereocenters. The molecule has 0 aliphatic rings. The average Bonchev–Trinajstić information content (AvgIpc) is 2.62. The summed E-state index contributed by atoms with van der Waals surface area (Å²) >= 11 is 1.30. The Morgan fingerprint density at radius 1 is 1.77 bits per heavy atom. The molecule has 0 N–H and O–H groups in total. The highest BCUT2D eigenvalue weighted by molar-refractivity contribution is 7.12. The van der Waals surface area contributed by atoms with Gasteiger partial charge in [0.2, 0.25) is 0 Å². The van der Waals surface area contributed by atoms with Crippen LogP contribution in [0.3, 0.4) is 0 Å². The number of hydrogen-bond donors (Lipinski definition) is 0. The lowest BCUT2D eigenvalue weighted by Gasteiger charge is -1.96. The van der Waals surface area contributed by atoms with E-state index in [0.717, 1.165) is 0 Å². The van der Waals surface area contributed by atoms with Crippen molar-refractivity contribution in [3.8, 4) is 5.75 Å². The van der Waals surface area contributed by atoms with E-state index < -0.39 is 0 Å². The second kappa shape index (κ2) is 4.67. The Kier molecular flexibility index (Phi) is 3.52. The van der Waals surface area contributed by atoms with Gasteiger partial charge in [0.05, 0.1) is 7.11 Å². The Labute approximate surface area is 80.6 Å². The summed E-state index contributed by atoms with van der Waals surface area (Å²) in [7, 11) is 1.35. The van der Waals surface area contributed by atoms with Crippen LogP contribution in [0.4, 0.5) is 0 Å². The van der Waals surface area contributed by atoms with Gasteiger partial charge in [-0.1, -0.05) is 12.7 Å². The molecule has 1 rings (SSSR count). The molecule has 0 aliphatic heterocycles. The molecule has 0 saturated carbocycles. The maximum absolute atomic E-state index is 11.0. The number of carbonyl (C=O) groups is 1. The predicted octanol–water partition coefficient (Wildman–Crippen LogP) is 2.10. The number of ether oxygens (including phenoxy) is 2. The summed E-state index contributed by atoms with van der Waals surface area (Å²) < 4.78 is 9.76. The van der Waals surface area contributed by atoms with Crippen LogP contribution >= 0.6 is 11.3 Å². The first-order chi connectivity index (χ1) is 6.27. The number of rotatable bonds is 4. The van der Waals surface area contributed by atoms with Crippen molar-refractivity contribution in [1.82, 2.24) is 0 Å². The summed E-state index contributed by atoms with van der Waals surface area (Å²) in [6.07, 6.45) is 1.65. The lowest BCUT2D eigenvalue weighted by atomic mass is 10.4. The molecule has 0 bridgehead atoms. The fraction of sp³-hybridized carbons (Fsp3) is 0.222. The first-order valence-electron chi connectivity index (χ1n) is 3.68. The van der Waals surface area contributed by atoms with Gasteiger partial charge in [0.25, 0.3) is 0 Å². The molecule has 3 nitrogen and oxygen atoms in total. The monoisotopic (exact) mass is 198 g/mol. The van der Waals surface area contributed by atoms with Crippen molar-refractivity contribution in [1.29, 1.82) is 0 Å². The average molecular weight is 198 g/mol. The van der Waals surface area contributed by atoms with Crippen LogP contribution in [0.2, 0.25) is 0 Å². The lowest BCUT2D eigenvalue weighted by Crippen LogP contribution is -1.97. The van der Waals surface area contributed by atoms with E-state index in [4.69, 9.17) is 4.74 Å². The summed E-state index contributed by atoms with van der Waals surface area (Å²) in [6, 6.07) is 1.65. The second-order valence-corrected chi connectivity index (χ2v) is 3.15. The Bertz CT molecular complexity index is 304. The quantitative estimate of drug-likeness (QED) is 0.549. The van der Waals surface area contributed by atoms with Crippen LogP contribution < -0.4 is 4.74 Å². The molecule has 0 radical (unpaired) electrons. The Hall–Kier alpha value is -1.29. The number of carbonyl (C=O) groups excluding carboxylic acids is 1. The summed E-state index contributed by atoms with van der Waals surface area (Å²) in [5.41, 5.74) is 0. The summed E-state index contributed by atoms with van der Waals surface area (Å²) in [6.45, 7) is 3.96. The van der Waals surface area contributed by atoms with Crippen molar-refractivity contribution in [2.75, 3.05) is 13.7 Å². The van der Waals surface area contributed by atoms with Crippen molar-refractivity contribution in [2.24, 2.45) is 0 Å². The van der Waals surface area contributed by atoms with Crippen LogP contribution in [0.1, 0.15) is 9.67 Å². The van der Waals surface area contributed by atoms with Gasteiger partial charge in [-0.05, 0) is 0 Å². The topological polar surface area (TPSA) is 35.5 Å². The maximum atomic E-state index is 11.0. The van der Waals surface area contributed by atoms with E-state index >= 15 is 0 Å². The van der Waals surface area contributed by atoms with Crippen molar-refractivity contribution in [3.63, 3.8) is 0 Å². The molecule has 0 atom stereocenters. The Morgan fingerprint density at radius 2 is 2.54 bits per heavy atom. The van der Waals surface area contributed by atoms with Crippen LogP contribution in [0, 0.1) is 0 Å². The fourth-order valence-electron chi connectivity index (χ4n) is 0.757. The number of hydrogen-bond acceptors (Lipinski definition) is 4. The van der Waals surface area contributed by atoms with E-state index in [1.54, 1.807) is 17.5 Å². The summed E-state index contributed by atoms with van der Waals surface area (Å²) in [5.74, 6) is 0.337. The van der Waals surface area contributed by atoms with E-state index in [1.165, 1.54) is 18.4 Å². The van der Waals surface area contributed by atoms with Gasteiger partial charge in [0, 0.05) is 11.4 Å². The van der Waals surface area contributed by atoms with Gasteiger partial charge in [-0.25, -0.2) is 4.79 Å². The largest absolute Gasteiger partial charge is 0.489 e.